The standard InChI is InChI=1S/C25H18F7N3O7/c26-11-3-4-13(15(27)8-11)21(37)14-5-6-19(36)35(22(14)34)20-16(28)9-12(10-17(20)29)40-7-1-2-18(33)23(38)41-42-24(39)25(30,31)32/h3-6,8-10,18H,1-2,7,33-34H2/t18-/m0/s1. The SMILES string of the molecule is Nc1c(C(=O)c2ccc(F)cc2F)ccc(=O)n1-c1c(F)cc(OCCC[C@H](N)C(=O)OOC(=O)C(F)(F)F)cc1F. The number of nitrogens with zero attached hydrogens (tertiary/aromatic N) is 1. The summed E-state index contributed by atoms with van der Waals surface area (Å²) in [4.78, 5) is 54.3. The Hall–Kier alpha value is -4.93. The van der Waals surface area contributed by atoms with Crippen LogP contribution < -0.4 is 21.8 Å². The molecular weight excluding hydrogens is 587 g/mol. The zero-order chi connectivity index (χ0) is 31.4. The lowest BCUT2D eigenvalue weighted by molar-refractivity contribution is -0.286. The molecule has 0 aliphatic carbocycles. The average molecular weight is 605 g/mol. The predicted molar refractivity (Wildman–Crippen MR) is 127 cm³/mol. The van der Waals surface area contributed by atoms with Crippen LogP contribution in [0.5, 0.6) is 5.75 Å². The van der Waals surface area contributed by atoms with Gasteiger partial charge in [0, 0.05) is 24.3 Å². The van der Waals surface area contributed by atoms with E-state index in [0.29, 0.717) is 22.8 Å². The van der Waals surface area contributed by atoms with Crippen molar-refractivity contribution in [1.29, 1.82) is 0 Å². The summed E-state index contributed by atoms with van der Waals surface area (Å²) in [5.74, 6) is -11.5. The number of aromatic nitrogens is 1. The molecule has 4 N–H and O–H groups in total. The van der Waals surface area contributed by atoms with Gasteiger partial charge in [-0.3, -0.25) is 14.2 Å². The highest BCUT2D eigenvalue weighted by atomic mass is 19.4. The van der Waals surface area contributed by atoms with Crippen molar-refractivity contribution < 1.29 is 59.6 Å². The first-order valence-corrected chi connectivity index (χ1v) is 11.5. The van der Waals surface area contributed by atoms with Gasteiger partial charge in [-0.15, -0.1) is 0 Å². The van der Waals surface area contributed by atoms with Gasteiger partial charge in [0.05, 0.1) is 17.7 Å². The van der Waals surface area contributed by atoms with Gasteiger partial charge in [-0.1, -0.05) is 0 Å². The topological polar surface area (TPSA) is 153 Å². The number of anilines is 1. The number of rotatable bonds is 9. The van der Waals surface area contributed by atoms with Crippen molar-refractivity contribution in [2.24, 2.45) is 5.73 Å². The van der Waals surface area contributed by atoms with Crippen LogP contribution in [0.1, 0.15) is 28.8 Å². The molecule has 3 rings (SSSR count). The molecule has 0 radical (unpaired) electrons. The number of benzene rings is 2. The molecular formula is C25H18F7N3O7. The van der Waals surface area contributed by atoms with Crippen LogP contribution in [0.2, 0.25) is 0 Å². The minimum Gasteiger partial charge on any atom is -0.493 e. The van der Waals surface area contributed by atoms with Crippen molar-refractivity contribution in [3.05, 3.63) is 87.2 Å². The Labute approximate surface area is 230 Å². The van der Waals surface area contributed by atoms with Gasteiger partial charge in [-0.2, -0.15) is 13.2 Å². The molecule has 0 aliphatic heterocycles. The third-order valence-corrected chi connectivity index (χ3v) is 5.43. The Kier molecular flexibility index (Phi) is 9.56. The van der Waals surface area contributed by atoms with Crippen molar-refractivity contribution >= 4 is 23.5 Å². The Balaban J connectivity index is 1.71. The third kappa shape index (κ3) is 7.22. The minimum absolute atomic E-state index is 0.0923. The zero-order valence-corrected chi connectivity index (χ0v) is 20.8. The molecule has 1 atom stereocenters. The number of nitrogen functional groups attached to an aromatic ring is 1. The maximum absolute atomic E-state index is 15.0. The van der Waals surface area contributed by atoms with E-state index in [4.69, 9.17) is 16.2 Å². The molecule has 0 fully saturated rings. The molecule has 1 aromatic heterocycles. The number of hydrogen-bond donors (Lipinski definition) is 2. The van der Waals surface area contributed by atoms with E-state index in [-0.39, 0.29) is 19.4 Å². The van der Waals surface area contributed by atoms with Gasteiger partial charge in [-0.25, -0.2) is 36.9 Å². The molecule has 0 spiro atoms. The molecule has 0 saturated heterocycles. The van der Waals surface area contributed by atoms with Crippen LogP contribution >= 0.6 is 0 Å². The number of ketones is 1. The fraction of sp³-hybridized carbons (Fsp3) is 0.200. The van der Waals surface area contributed by atoms with Crippen LogP contribution in [0.25, 0.3) is 5.69 Å². The van der Waals surface area contributed by atoms with Crippen molar-refractivity contribution in [3.63, 3.8) is 0 Å². The molecule has 224 valence electrons. The first-order chi connectivity index (χ1) is 19.6. The van der Waals surface area contributed by atoms with E-state index in [0.717, 1.165) is 24.3 Å². The van der Waals surface area contributed by atoms with Crippen LogP contribution in [0.4, 0.5) is 36.6 Å². The molecule has 0 unspecified atom stereocenters. The molecule has 17 heteroatoms. The summed E-state index contributed by atoms with van der Waals surface area (Å²) in [7, 11) is 0. The van der Waals surface area contributed by atoms with Crippen LogP contribution in [0, 0.1) is 23.3 Å². The van der Waals surface area contributed by atoms with Crippen molar-refractivity contribution in [3.8, 4) is 11.4 Å². The highest BCUT2D eigenvalue weighted by Gasteiger charge is 2.43. The Bertz CT molecular complexity index is 1570. The average Bonchev–Trinajstić information content (AvgIpc) is 2.89. The number of halogens is 7. The second-order valence-corrected chi connectivity index (χ2v) is 8.36. The van der Waals surface area contributed by atoms with Crippen LogP contribution in [0.3, 0.4) is 0 Å². The second-order valence-electron chi connectivity index (χ2n) is 8.36. The highest BCUT2D eigenvalue weighted by Crippen LogP contribution is 2.27. The van der Waals surface area contributed by atoms with Gasteiger partial charge in [0.15, 0.2) is 17.4 Å². The zero-order valence-electron chi connectivity index (χ0n) is 20.8. The molecule has 1 heterocycles. The summed E-state index contributed by atoms with van der Waals surface area (Å²) < 4.78 is 98.9. The van der Waals surface area contributed by atoms with Crippen LogP contribution in [-0.2, 0) is 19.4 Å². The van der Waals surface area contributed by atoms with Gasteiger partial charge >= 0.3 is 18.1 Å². The molecule has 0 saturated carbocycles. The summed E-state index contributed by atoms with van der Waals surface area (Å²) in [6.07, 6.45) is -5.76. The molecule has 10 nitrogen and oxygen atoms in total. The van der Waals surface area contributed by atoms with Gasteiger partial charge in [-0.05, 0) is 31.0 Å². The van der Waals surface area contributed by atoms with Gasteiger partial charge in [0.1, 0.15) is 34.9 Å². The lowest BCUT2D eigenvalue weighted by Gasteiger charge is -2.16. The number of hydrogen-bond acceptors (Lipinski definition) is 9. The largest absolute Gasteiger partial charge is 0.495 e. The van der Waals surface area contributed by atoms with E-state index < -0.39 is 87.1 Å². The lowest BCUT2D eigenvalue weighted by atomic mass is 10.0. The fourth-order valence-electron chi connectivity index (χ4n) is 3.43. The first kappa shape index (κ1) is 31.6. The summed E-state index contributed by atoms with van der Waals surface area (Å²) in [6, 6.07) is 3.50. The van der Waals surface area contributed by atoms with E-state index in [1.54, 1.807) is 0 Å². The summed E-state index contributed by atoms with van der Waals surface area (Å²) >= 11 is 0. The molecule has 3 aromatic rings. The number of alkyl halides is 3. The summed E-state index contributed by atoms with van der Waals surface area (Å²) in [5, 5.41) is 0. The first-order valence-electron chi connectivity index (χ1n) is 11.5. The molecule has 0 bridgehead atoms. The monoisotopic (exact) mass is 605 g/mol. The molecule has 2 aromatic carbocycles. The number of nitrogens with two attached hydrogens (primary N) is 2. The van der Waals surface area contributed by atoms with Crippen molar-refractivity contribution in [1.82, 2.24) is 4.57 Å². The van der Waals surface area contributed by atoms with Gasteiger partial charge in [0.25, 0.3) is 5.56 Å². The molecule has 0 aliphatic rings. The summed E-state index contributed by atoms with van der Waals surface area (Å²) in [5.41, 5.74) is 8.09. The van der Waals surface area contributed by atoms with Crippen molar-refractivity contribution in [2.75, 3.05) is 12.3 Å². The maximum Gasteiger partial charge on any atom is 0.495 e. The maximum atomic E-state index is 15.0. The Morgan fingerprint density at radius 2 is 1.50 bits per heavy atom. The lowest BCUT2D eigenvalue weighted by Crippen LogP contribution is -2.35. The smallest absolute Gasteiger partial charge is 0.493 e. The molecule has 0 amide bonds. The van der Waals surface area contributed by atoms with Crippen LogP contribution in [-0.4, -0.2) is 41.1 Å². The quantitative estimate of drug-likeness (QED) is 0.123. The third-order valence-electron chi connectivity index (χ3n) is 5.43. The van der Waals surface area contributed by atoms with E-state index >= 15 is 0 Å². The second kappa shape index (κ2) is 12.7. The van der Waals surface area contributed by atoms with E-state index in [1.807, 2.05) is 0 Å². The number of carbonyl (C=O) groups excluding carboxylic acids is 3. The van der Waals surface area contributed by atoms with E-state index in [2.05, 4.69) is 9.78 Å². The highest BCUT2D eigenvalue weighted by molar-refractivity contribution is 6.11. The van der Waals surface area contributed by atoms with Crippen molar-refractivity contribution in [2.45, 2.75) is 25.1 Å². The van der Waals surface area contributed by atoms with Gasteiger partial charge in [0.2, 0.25) is 0 Å². The van der Waals surface area contributed by atoms with Gasteiger partial charge < -0.3 is 16.2 Å². The number of carbonyl (C=O) groups is 3. The summed E-state index contributed by atoms with van der Waals surface area (Å²) in [6.45, 7) is -0.323. The normalized spacial score (nSPS) is 12.0. The Morgan fingerprint density at radius 3 is 2.10 bits per heavy atom. The number of ether oxygens (including phenoxy) is 1. The van der Waals surface area contributed by atoms with E-state index in [1.165, 1.54) is 0 Å². The molecule has 42 heavy (non-hydrogen) atoms. The Morgan fingerprint density at radius 1 is 0.881 bits per heavy atom. The predicted octanol–water partition coefficient (Wildman–Crippen LogP) is 3.26. The van der Waals surface area contributed by atoms with Crippen LogP contribution in [0.15, 0.2) is 47.3 Å². The number of pyridine rings is 1. The van der Waals surface area contributed by atoms with E-state index in [9.17, 15) is 49.9 Å². The minimum atomic E-state index is -5.40. The fourth-order valence-corrected chi connectivity index (χ4v) is 3.43.